The number of benzene rings is 1. The van der Waals surface area contributed by atoms with Gasteiger partial charge in [0.25, 0.3) is 0 Å². The van der Waals surface area contributed by atoms with Crippen LogP contribution in [0.1, 0.15) is 37.8 Å². The predicted molar refractivity (Wildman–Crippen MR) is 87.2 cm³/mol. The molecule has 1 N–H and O–H groups in total. The third-order valence-electron chi connectivity index (χ3n) is 4.15. The van der Waals surface area contributed by atoms with E-state index in [2.05, 4.69) is 19.2 Å². The fourth-order valence-electron chi connectivity index (χ4n) is 2.62. The number of hydrogen-bond acceptors (Lipinski definition) is 2. The highest BCUT2D eigenvalue weighted by Gasteiger charge is 2.33. The summed E-state index contributed by atoms with van der Waals surface area (Å²) in [6, 6.07) is 8.11. The molecule has 0 aromatic heterocycles. The molecular weight excluding hydrogens is 276 g/mol. The Morgan fingerprint density at radius 3 is 2.64 bits per heavy atom. The molecule has 0 unspecified atom stereocenters. The number of nitrogens with zero attached hydrogens (tertiary/aromatic N) is 1. The molecule has 120 valence electrons. The van der Waals surface area contributed by atoms with Gasteiger partial charge in [0.2, 0.25) is 11.8 Å². The van der Waals surface area contributed by atoms with E-state index in [-0.39, 0.29) is 17.7 Å². The summed E-state index contributed by atoms with van der Waals surface area (Å²) in [5.41, 5.74) is 2.29. The van der Waals surface area contributed by atoms with Crippen LogP contribution in [0, 0.1) is 18.8 Å². The molecule has 1 aromatic rings. The van der Waals surface area contributed by atoms with Gasteiger partial charge in [-0.25, -0.2) is 0 Å². The largest absolute Gasteiger partial charge is 0.352 e. The molecule has 4 heteroatoms. The van der Waals surface area contributed by atoms with Gasteiger partial charge in [-0.2, -0.15) is 0 Å². The van der Waals surface area contributed by atoms with Gasteiger partial charge in [-0.05, 0) is 24.8 Å². The fourth-order valence-corrected chi connectivity index (χ4v) is 2.62. The van der Waals surface area contributed by atoms with Gasteiger partial charge in [0.05, 0.1) is 5.92 Å². The molecule has 0 radical (unpaired) electrons. The molecule has 0 bridgehead atoms. The summed E-state index contributed by atoms with van der Waals surface area (Å²) in [6.45, 7) is 8.18. The predicted octanol–water partition coefficient (Wildman–Crippen LogP) is 2.51. The first kappa shape index (κ1) is 16.5. The third kappa shape index (κ3) is 4.58. The molecule has 1 aliphatic rings. The van der Waals surface area contributed by atoms with Gasteiger partial charge in [-0.1, -0.05) is 43.7 Å². The summed E-state index contributed by atoms with van der Waals surface area (Å²) in [7, 11) is 0. The minimum absolute atomic E-state index is 0.0130. The van der Waals surface area contributed by atoms with E-state index in [1.807, 2.05) is 36.1 Å². The first-order chi connectivity index (χ1) is 10.5. The Morgan fingerprint density at radius 1 is 1.32 bits per heavy atom. The number of aryl methyl sites for hydroxylation is 1. The Morgan fingerprint density at radius 2 is 2.00 bits per heavy atom. The second kappa shape index (κ2) is 7.43. The first-order valence-electron chi connectivity index (χ1n) is 8.06. The van der Waals surface area contributed by atoms with E-state index in [0.717, 1.165) is 18.5 Å². The SMILES string of the molecule is Cc1ccc(CNC(=O)[C@@H]2CC(=O)N(CCC(C)C)C2)cc1. The lowest BCUT2D eigenvalue weighted by molar-refractivity contribution is -0.129. The average molecular weight is 302 g/mol. The Balaban J connectivity index is 1.80. The van der Waals surface area contributed by atoms with Gasteiger partial charge < -0.3 is 10.2 Å². The van der Waals surface area contributed by atoms with Gasteiger partial charge in [-0.15, -0.1) is 0 Å². The van der Waals surface area contributed by atoms with Crippen LogP contribution in [0.4, 0.5) is 0 Å². The Labute approximate surface area is 132 Å². The number of carbonyl (C=O) groups is 2. The van der Waals surface area contributed by atoms with E-state index in [4.69, 9.17) is 0 Å². The van der Waals surface area contributed by atoms with Crippen LogP contribution in [0.25, 0.3) is 0 Å². The number of carbonyl (C=O) groups excluding carboxylic acids is 2. The molecular formula is C18H26N2O2. The molecule has 22 heavy (non-hydrogen) atoms. The number of likely N-dealkylation sites (tertiary alicyclic amines) is 1. The lowest BCUT2D eigenvalue weighted by Gasteiger charge is -2.17. The van der Waals surface area contributed by atoms with E-state index in [9.17, 15) is 9.59 Å². The molecule has 0 spiro atoms. The zero-order valence-electron chi connectivity index (χ0n) is 13.8. The fraction of sp³-hybridized carbons (Fsp3) is 0.556. The zero-order valence-corrected chi connectivity index (χ0v) is 13.8. The summed E-state index contributed by atoms with van der Waals surface area (Å²) in [5.74, 6) is 0.462. The van der Waals surface area contributed by atoms with Crippen LogP contribution in [-0.2, 0) is 16.1 Å². The van der Waals surface area contributed by atoms with Gasteiger partial charge in [0.15, 0.2) is 0 Å². The molecule has 1 aliphatic heterocycles. The summed E-state index contributed by atoms with van der Waals surface area (Å²) in [5, 5.41) is 2.95. The van der Waals surface area contributed by atoms with Crippen molar-refractivity contribution in [1.82, 2.24) is 10.2 Å². The molecule has 1 fully saturated rings. The maximum absolute atomic E-state index is 12.2. The van der Waals surface area contributed by atoms with Crippen LogP contribution in [0.15, 0.2) is 24.3 Å². The van der Waals surface area contributed by atoms with Crippen molar-refractivity contribution >= 4 is 11.8 Å². The van der Waals surface area contributed by atoms with Crippen molar-refractivity contribution in [3.8, 4) is 0 Å². The molecule has 4 nitrogen and oxygen atoms in total. The Bertz CT molecular complexity index is 522. The monoisotopic (exact) mass is 302 g/mol. The molecule has 1 aromatic carbocycles. The lowest BCUT2D eigenvalue weighted by Crippen LogP contribution is -2.33. The van der Waals surface area contributed by atoms with Crippen molar-refractivity contribution in [1.29, 1.82) is 0 Å². The molecule has 0 saturated carbocycles. The van der Waals surface area contributed by atoms with Gasteiger partial charge in [0, 0.05) is 26.1 Å². The maximum atomic E-state index is 12.2. The number of rotatable bonds is 6. The summed E-state index contributed by atoms with van der Waals surface area (Å²) < 4.78 is 0. The van der Waals surface area contributed by atoms with Crippen molar-refractivity contribution < 1.29 is 9.59 Å². The van der Waals surface area contributed by atoms with Gasteiger partial charge >= 0.3 is 0 Å². The van der Waals surface area contributed by atoms with E-state index in [1.54, 1.807) is 0 Å². The van der Waals surface area contributed by atoms with Crippen LogP contribution in [0.5, 0.6) is 0 Å². The maximum Gasteiger partial charge on any atom is 0.225 e. The highest BCUT2D eigenvalue weighted by atomic mass is 16.2. The number of nitrogens with one attached hydrogen (secondary N) is 1. The van der Waals surface area contributed by atoms with Crippen LogP contribution < -0.4 is 5.32 Å². The van der Waals surface area contributed by atoms with E-state index >= 15 is 0 Å². The highest BCUT2D eigenvalue weighted by Crippen LogP contribution is 2.19. The lowest BCUT2D eigenvalue weighted by atomic mass is 10.1. The first-order valence-corrected chi connectivity index (χ1v) is 8.06. The minimum Gasteiger partial charge on any atom is -0.352 e. The van der Waals surface area contributed by atoms with Crippen molar-refractivity contribution in [2.45, 2.75) is 40.2 Å². The Hall–Kier alpha value is -1.84. The molecule has 2 rings (SSSR count). The Kier molecular flexibility index (Phi) is 5.58. The van der Waals surface area contributed by atoms with E-state index in [1.165, 1.54) is 5.56 Å². The molecule has 1 heterocycles. The van der Waals surface area contributed by atoms with Crippen molar-refractivity contribution in [3.05, 3.63) is 35.4 Å². The van der Waals surface area contributed by atoms with Gasteiger partial charge in [-0.3, -0.25) is 9.59 Å². The summed E-state index contributed by atoms with van der Waals surface area (Å²) >= 11 is 0. The molecule has 1 atom stereocenters. The number of hydrogen-bond donors (Lipinski definition) is 1. The standard InChI is InChI=1S/C18H26N2O2/c1-13(2)8-9-20-12-16(10-17(20)21)18(22)19-11-15-6-4-14(3)5-7-15/h4-7,13,16H,8-12H2,1-3H3,(H,19,22)/t16-/m1/s1. The van der Waals surface area contributed by atoms with E-state index in [0.29, 0.717) is 25.4 Å². The normalized spacial score (nSPS) is 18.1. The third-order valence-corrected chi connectivity index (χ3v) is 4.15. The smallest absolute Gasteiger partial charge is 0.225 e. The van der Waals surface area contributed by atoms with E-state index < -0.39 is 0 Å². The molecule has 0 aliphatic carbocycles. The topological polar surface area (TPSA) is 49.4 Å². The van der Waals surface area contributed by atoms with Gasteiger partial charge in [0.1, 0.15) is 0 Å². The number of amides is 2. The summed E-state index contributed by atoms with van der Waals surface area (Å²) in [4.78, 5) is 26.0. The summed E-state index contributed by atoms with van der Waals surface area (Å²) in [6.07, 6.45) is 1.33. The quantitative estimate of drug-likeness (QED) is 0.878. The zero-order chi connectivity index (χ0) is 16.1. The minimum atomic E-state index is -0.204. The van der Waals surface area contributed by atoms with Crippen molar-refractivity contribution in [2.24, 2.45) is 11.8 Å². The van der Waals surface area contributed by atoms with Crippen LogP contribution in [-0.4, -0.2) is 29.8 Å². The average Bonchev–Trinajstić information content (AvgIpc) is 2.85. The van der Waals surface area contributed by atoms with Crippen LogP contribution in [0.3, 0.4) is 0 Å². The van der Waals surface area contributed by atoms with Crippen molar-refractivity contribution in [2.75, 3.05) is 13.1 Å². The highest BCUT2D eigenvalue weighted by molar-refractivity contribution is 5.89. The van der Waals surface area contributed by atoms with Crippen LogP contribution >= 0.6 is 0 Å². The second-order valence-corrected chi connectivity index (χ2v) is 6.63. The second-order valence-electron chi connectivity index (χ2n) is 6.63. The molecule has 1 saturated heterocycles. The molecule has 2 amide bonds. The van der Waals surface area contributed by atoms with Crippen LogP contribution in [0.2, 0.25) is 0 Å². The van der Waals surface area contributed by atoms with Crippen molar-refractivity contribution in [3.63, 3.8) is 0 Å².